The highest BCUT2D eigenvalue weighted by molar-refractivity contribution is 5.21. The maximum Gasteiger partial charge on any atom is 0.157 e. The van der Waals surface area contributed by atoms with E-state index in [4.69, 9.17) is 4.74 Å². The van der Waals surface area contributed by atoms with E-state index >= 15 is 0 Å². The van der Waals surface area contributed by atoms with Gasteiger partial charge in [0.25, 0.3) is 0 Å². The molecular formula is C20H21FN4O. The molecule has 5 nitrogen and oxygen atoms in total. The van der Waals surface area contributed by atoms with Gasteiger partial charge in [-0.25, -0.2) is 9.07 Å². The SMILES string of the molecule is Cc1ccc(CN2CCO[C@@H]2c2cn(Cc3ccccc3F)nn2)cc1. The second kappa shape index (κ2) is 7.35. The first-order valence-electron chi connectivity index (χ1n) is 8.74. The van der Waals surface area contributed by atoms with Crippen molar-refractivity contribution in [1.82, 2.24) is 19.9 Å². The van der Waals surface area contributed by atoms with E-state index in [2.05, 4.69) is 46.4 Å². The fourth-order valence-corrected chi connectivity index (χ4v) is 3.17. The molecule has 0 aliphatic carbocycles. The summed E-state index contributed by atoms with van der Waals surface area (Å²) < 4.78 is 21.3. The molecule has 4 rings (SSSR count). The zero-order valence-electron chi connectivity index (χ0n) is 14.7. The van der Waals surface area contributed by atoms with E-state index in [1.165, 1.54) is 17.2 Å². The van der Waals surface area contributed by atoms with Crippen molar-refractivity contribution in [3.8, 4) is 0 Å². The highest BCUT2D eigenvalue weighted by atomic mass is 19.1. The summed E-state index contributed by atoms with van der Waals surface area (Å²) in [5.74, 6) is -0.234. The van der Waals surface area contributed by atoms with Gasteiger partial charge in [0.05, 0.1) is 19.3 Å². The number of aromatic nitrogens is 3. The highest BCUT2D eigenvalue weighted by Crippen LogP contribution is 2.27. The summed E-state index contributed by atoms with van der Waals surface area (Å²) in [6, 6.07) is 15.2. The van der Waals surface area contributed by atoms with Gasteiger partial charge < -0.3 is 4.74 Å². The lowest BCUT2D eigenvalue weighted by atomic mass is 10.1. The lowest BCUT2D eigenvalue weighted by Gasteiger charge is -2.21. The Morgan fingerprint density at radius 2 is 1.92 bits per heavy atom. The fourth-order valence-electron chi connectivity index (χ4n) is 3.17. The molecule has 3 aromatic rings. The number of halogens is 1. The Kier molecular flexibility index (Phi) is 4.77. The summed E-state index contributed by atoms with van der Waals surface area (Å²) in [5, 5.41) is 8.40. The van der Waals surface area contributed by atoms with Crippen LogP contribution >= 0.6 is 0 Å². The Morgan fingerprint density at radius 1 is 1.12 bits per heavy atom. The highest BCUT2D eigenvalue weighted by Gasteiger charge is 2.29. The van der Waals surface area contributed by atoms with Crippen molar-refractivity contribution in [2.75, 3.05) is 13.2 Å². The van der Waals surface area contributed by atoms with Crippen molar-refractivity contribution in [3.63, 3.8) is 0 Å². The first kappa shape index (κ1) is 16.9. The van der Waals surface area contributed by atoms with Crippen molar-refractivity contribution in [1.29, 1.82) is 0 Å². The van der Waals surface area contributed by atoms with Gasteiger partial charge in [-0.15, -0.1) is 5.10 Å². The monoisotopic (exact) mass is 352 g/mol. The molecule has 2 heterocycles. The second-order valence-electron chi connectivity index (χ2n) is 6.61. The van der Waals surface area contributed by atoms with E-state index in [1.54, 1.807) is 16.8 Å². The summed E-state index contributed by atoms with van der Waals surface area (Å²) in [6.45, 7) is 4.74. The van der Waals surface area contributed by atoms with Crippen molar-refractivity contribution in [3.05, 3.63) is 82.9 Å². The van der Waals surface area contributed by atoms with Gasteiger partial charge >= 0.3 is 0 Å². The first-order chi connectivity index (χ1) is 12.7. The molecule has 134 valence electrons. The van der Waals surface area contributed by atoms with Gasteiger partial charge in [-0.3, -0.25) is 4.90 Å². The average Bonchev–Trinajstić information content (AvgIpc) is 3.28. The van der Waals surface area contributed by atoms with Crippen molar-refractivity contribution in [2.24, 2.45) is 0 Å². The molecule has 0 saturated carbocycles. The first-order valence-corrected chi connectivity index (χ1v) is 8.74. The van der Waals surface area contributed by atoms with Crippen molar-refractivity contribution >= 4 is 0 Å². The molecule has 1 aromatic heterocycles. The zero-order chi connectivity index (χ0) is 17.9. The maximum atomic E-state index is 13.8. The normalized spacial score (nSPS) is 17.7. The van der Waals surface area contributed by atoms with Gasteiger partial charge in [0.15, 0.2) is 6.23 Å². The second-order valence-corrected chi connectivity index (χ2v) is 6.61. The molecule has 6 heteroatoms. The number of benzene rings is 2. The van der Waals surface area contributed by atoms with Gasteiger partial charge in [-0.2, -0.15) is 0 Å². The molecule has 0 bridgehead atoms. The Morgan fingerprint density at radius 3 is 2.73 bits per heavy atom. The maximum absolute atomic E-state index is 13.8. The van der Waals surface area contributed by atoms with Crippen LogP contribution in [-0.4, -0.2) is 33.0 Å². The van der Waals surface area contributed by atoms with E-state index in [9.17, 15) is 4.39 Å². The van der Waals surface area contributed by atoms with Crippen LogP contribution < -0.4 is 0 Å². The standard InChI is InChI=1S/C20H21FN4O/c1-15-6-8-16(9-7-15)12-24-10-11-26-20(24)19-14-25(23-22-19)13-17-4-2-3-5-18(17)21/h2-9,14,20H,10-13H2,1H3/t20-/m1/s1. The number of hydrogen-bond acceptors (Lipinski definition) is 4. The summed E-state index contributed by atoms with van der Waals surface area (Å²) >= 11 is 0. The van der Waals surface area contributed by atoms with E-state index in [0.717, 1.165) is 18.8 Å². The van der Waals surface area contributed by atoms with Crippen molar-refractivity contribution in [2.45, 2.75) is 26.2 Å². The van der Waals surface area contributed by atoms with Gasteiger partial charge in [0, 0.05) is 18.7 Å². The Labute approximate surface area is 152 Å². The van der Waals surface area contributed by atoms with Crippen LogP contribution in [0, 0.1) is 12.7 Å². The smallest absolute Gasteiger partial charge is 0.157 e. The minimum Gasteiger partial charge on any atom is -0.356 e. The molecule has 1 saturated heterocycles. The Hall–Kier alpha value is -2.57. The van der Waals surface area contributed by atoms with Crippen LogP contribution in [0.5, 0.6) is 0 Å². The molecule has 0 spiro atoms. The lowest BCUT2D eigenvalue weighted by Crippen LogP contribution is -2.23. The number of aryl methyl sites for hydroxylation is 1. The van der Waals surface area contributed by atoms with Gasteiger partial charge in [-0.1, -0.05) is 53.2 Å². The molecule has 0 radical (unpaired) electrons. The Bertz CT molecular complexity index is 878. The molecule has 1 aliphatic heterocycles. The zero-order valence-corrected chi connectivity index (χ0v) is 14.7. The third-order valence-corrected chi connectivity index (χ3v) is 4.59. The molecule has 0 N–H and O–H groups in total. The molecule has 26 heavy (non-hydrogen) atoms. The van der Waals surface area contributed by atoms with E-state index in [1.807, 2.05) is 12.3 Å². The van der Waals surface area contributed by atoms with Crippen LogP contribution in [0.3, 0.4) is 0 Å². The largest absolute Gasteiger partial charge is 0.356 e. The number of rotatable bonds is 5. The van der Waals surface area contributed by atoms with Gasteiger partial charge in [0.2, 0.25) is 0 Å². The minimum absolute atomic E-state index is 0.217. The summed E-state index contributed by atoms with van der Waals surface area (Å²) in [7, 11) is 0. The molecule has 1 atom stereocenters. The van der Waals surface area contributed by atoms with Crippen LogP contribution in [0.15, 0.2) is 54.7 Å². The predicted octanol–water partition coefficient (Wildman–Crippen LogP) is 3.30. The summed E-state index contributed by atoms with van der Waals surface area (Å²) in [6.07, 6.45) is 1.62. The van der Waals surface area contributed by atoms with Crippen LogP contribution in [0.1, 0.15) is 28.6 Å². The lowest BCUT2D eigenvalue weighted by molar-refractivity contribution is 0.0252. The Balaban J connectivity index is 1.47. The quantitative estimate of drug-likeness (QED) is 0.707. The molecule has 2 aromatic carbocycles. The number of nitrogens with zero attached hydrogens (tertiary/aromatic N) is 4. The van der Waals surface area contributed by atoms with Crippen molar-refractivity contribution < 1.29 is 9.13 Å². The predicted molar refractivity (Wildman–Crippen MR) is 95.8 cm³/mol. The molecular weight excluding hydrogens is 331 g/mol. The van der Waals surface area contributed by atoms with Gasteiger partial charge in [0.1, 0.15) is 11.5 Å². The van der Waals surface area contributed by atoms with Crippen LogP contribution in [-0.2, 0) is 17.8 Å². The third kappa shape index (κ3) is 3.66. The topological polar surface area (TPSA) is 43.2 Å². The van der Waals surface area contributed by atoms with E-state index in [-0.39, 0.29) is 12.0 Å². The number of hydrogen-bond donors (Lipinski definition) is 0. The molecule has 0 unspecified atom stereocenters. The summed E-state index contributed by atoms with van der Waals surface area (Å²) in [4.78, 5) is 2.24. The molecule has 1 fully saturated rings. The average molecular weight is 352 g/mol. The summed E-state index contributed by atoms with van der Waals surface area (Å²) in [5.41, 5.74) is 3.84. The van der Waals surface area contributed by atoms with Crippen LogP contribution in [0.25, 0.3) is 0 Å². The molecule has 1 aliphatic rings. The third-order valence-electron chi connectivity index (χ3n) is 4.59. The van der Waals surface area contributed by atoms with E-state index < -0.39 is 0 Å². The van der Waals surface area contributed by atoms with Gasteiger partial charge in [-0.05, 0) is 18.6 Å². The van der Waals surface area contributed by atoms with Crippen LogP contribution in [0.4, 0.5) is 4.39 Å². The minimum atomic E-state index is -0.234. The van der Waals surface area contributed by atoms with E-state index in [0.29, 0.717) is 18.7 Å². The van der Waals surface area contributed by atoms with Crippen LogP contribution in [0.2, 0.25) is 0 Å². The number of ether oxygens (including phenoxy) is 1. The molecule has 0 amide bonds. The fraction of sp³-hybridized carbons (Fsp3) is 0.300.